The van der Waals surface area contributed by atoms with Crippen molar-refractivity contribution in [1.29, 1.82) is 0 Å². The number of carboxylic acids is 1. The fourth-order valence-corrected chi connectivity index (χ4v) is 3.64. The molecule has 0 aromatic carbocycles. The number of amides is 2. The predicted octanol–water partition coefficient (Wildman–Crippen LogP) is 1.74. The highest BCUT2D eigenvalue weighted by Crippen LogP contribution is 2.31. The summed E-state index contributed by atoms with van der Waals surface area (Å²) in [4.78, 5) is 39.8. The molecule has 0 spiro atoms. The van der Waals surface area contributed by atoms with E-state index in [1.807, 2.05) is 6.92 Å². The van der Waals surface area contributed by atoms with Crippen molar-refractivity contribution < 1.29 is 19.5 Å². The van der Waals surface area contributed by atoms with Crippen LogP contribution < -0.4 is 0 Å². The minimum Gasteiger partial charge on any atom is -0.481 e. The van der Waals surface area contributed by atoms with Gasteiger partial charge >= 0.3 is 5.97 Å². The molecule has 0 bridgehead atoms. The van der Waals surface area contributed by atoms with Crippen LogP contribution in [0.4, 0.5) is 0 Å². The summed E-state index contributed by atoms with van der Waals surface area (Å²) in [5, 5.41) is 9.39. The van der Waals surface area contributed by atoms with Crippen LogP contribution in [0.3, 0.4) is 0 Å². The molecule has 0 aromatic rings. The Hall–Kier alpha value is -1.59. The number of likely N-dealkylation sites (tertiary alicyclic amines) is 2. The van der Waals surface area contributed by atoms with Gasteiger partial charge < -0.3 is 14.9 Å². The third-order valence-corrected chi connectivity index (χ3v) is 5.11. The van der Waals surface area contributed by atoms with E-state index in [-0.39, 0.29) is 24.3 Å². The van der Waals surface area contributed by atoms with E-state index in [1.54, 1.807) is 16.7 Å². The summed E-state index contributed by atoms with van der Waals surface area (Å²) >= 11 is 0. The van der Waals surface area contributed by atoms with Crippen LogP contribution in [-0.2, 0) is 14.4 Å². The van der Waals surface area contributed by atoms with Gasteiger partial charge in [-0.05, 0) is 39.0 Å². The first-order valence-electron chi connectivity index (χ1n) is 8.67. The average Bonchev–Trinajstić information content (AvgIpc) is 2.54. The second-order valence-electron chi connectivity index (χ2n) is 7.16. The van der Waals surface area contributed by atoms with Gasteiger partial charge in [0.15, 0.2) is 0 Å². The number of nitrogens with zero attached hydrogens (tertiary/aromatic N) is 2. The van der Waals surface area contributed by atoms with Gasteiger partial charge in [-0.15, -0.1) is 0 Å². The Balaban J connectivity index is 1.99. The minimum absolute atomic E-state index is 0.0196. The predicted molar refractivity (Wildman–Crippen MR) is 85.8 cm³/mol. The summed E-state index contributed by atoms with van der Waals surface area (Å²) in [7, 11) is 0. The molecule has 2 fully saturated rings. The van der Waals surface area contributed by atoms with Crippen LogP contribution >= 0.6 is 0 Å². The zero-order valence-electron chi connectivity index (χ0n) is 14.2. The lowest BCUT2D eigenvalue weighted by atomic mass is 9.81. The molecule has 0 aliphatic carbocycles. The minimum atomic E-state index is -0.847. The zero-order chi connectivity index (χ0) is 17.0. The summed E-state index contributed by atoms with van der Waals surface area (Å²) in [5.74, 6) is -0.871. The second kappa shape index (κ2) is 7.32. The molecule has 2 aliphatic rings. The largest absolute Gasteiger partial charge is 0.481 e. The van der Waals surface area contributed by atoms with E-state index in [4.69, 9.17) is 0 Å². The zero-order valence-corrected chi connectivity index (χ0v) is 14.2. The van der Waals surface area contributed by atoms with Crippen LogP contribution in [0.1, 0.15) is 52.4 Å². The summed E-state index contributed by atoms with van der Waals surface area (Å²) in [6.45, 7) is 5.81. The molecule has 2 heterocycles. The first kappa shape index (κ1) is 17.8. The van der Waals surface area contributed by atoms with Crippen LogP contribution in [0.2, 0.25) is 0 Å². The number of rotatable bonds is 4. The van der Waals surface area contributed by atoms with E-state index in [9.17, 15) is 19.5 Å². The highest BCUT2D eigenvalue weighted by molar-refractivity contribution is 5.83. The molecule has 6 nitrogen and oxygen atoms in total. The fourth-order valence-electron chi connectivity index (χ4n) is 3.64. The lowest BCUT2D eigenvalue weighted by Gasteiger charge is -2.41. The van der Waals surface area contributed by atoms with Gasteiger partial charge in [-0.1, -0.05) is 6.92 Å². The van der Waals surface area contributed by atoms with Crippen molar-refractivity contribution in [3.63, 3.8) is 0 Å². The van der Waals surface area contributed by atoms with Gasteiger partial charge in [0.2, 0.25) is 11.8 Å². The summed E-state index contributed by atoms with van der Waals surface area (Å²) in [6, 6.07) is 0. The van der Waals surface area contributed by atoms with Crippen molar-refractivity contribution in [3.05, 3.63) is 0 Å². The highest BCUT2D eigenvalue weighted by Gasteiger charge is 2.41. The van der Waals surface area contributed by atoms with Gasteiger partial charge in [-0.3, -0.25) is 14.4 Å². The Bertz CT molecular complexity index is 479. The smallest absolute Gasteiger partial charge is 0.311 e. The van der Waals surface area contributed by atoms with Crippen molar-refractivity contribution in [2.24, 2.45) is 11.3 Å². The maximum atomic E-state index is 12.8. The number of piperidine rings is 2. The maximum Gasteiger partial charge on any atom is 0.311 e. The lowest BCUT2D eigenvalue weighted by molar-refractivity contribution is -0.155. The van der Waals surface area contributed by atoms with Gasteiger partial charge in [-0.25, -0.2) is 0 Å². The molecule has 0 saturated carbocycles. The van der Waals surface area contributed by atoms with Gasteiger partial charge in [0.05, 0.1) is 11.3 Å². The first-order valence-corrected chi connectivity index (χ1v) is 8.67. The topological polar surface area (TPSA) is 77.9 Å². The van der Waals surface area contributed by atoms with Gasteiger partial charge in [0, 0.05) is 32.6 Å². The highest BCUT2D eigenvalue weighted by atomic mass is 16.4. The number of carbonyl (C=O) groups is 3. The number of carbonyl (C=O) groups excluding carboxylic acids is 2. The second-order valence-corrected chi connectivity index (χ2v) is 7.16. The van der Waals surface area contributed by atoms with E-state index in [0.29, 0.717) is 25.9 Å². The van der Waals surface area contributed by atoms with Crippen LogP contribution in [0.5, 0.6) is 0 Å². The molecular weight excluding hydrogens is 296 g/mol. The normalized spacial score (nSPS) is 28.5. The third-order valence-electron chi connectivity index (χ3n) is 5.11. The summed E-state index contributed by atoms with van der Waals surface area (Å²) in [5.41, 5.74) is -0.847. The lowest BCUT2D eigenvalue weighted by Crippen LogP contribution is -2.52. The van der Waals surface area contributed by atoms with E-state index in [0.717, 1.165) is 32.2 Å². The molecule has 6 heteroatoms. The Labute approximate surface area is 137 Å². The molecule has 2 amide bonds. The van der Waals surface area contributed by atoms with E-state index in [1.165, 1.54) is 0 Å². The molecule has 2 unspecified atom stereocenters. The SMILES string of the molecule is CCCC(=O)N1CCCC(C(=O)N2CCCC(C)(C(=O)O)C2)C1. The number of carboxylic acid groups (broad SMARTS) is 1. The van der Waals surface area contributed by atoms with E-state index < -0.39 is 11.4 Å². The average molecular weight is 324 g/mol. The molecule has 2 atom stereocenters. The van der Waals surface area contributed by atoms with E-state index in [2.05, 4.69) is 0 Å². The van der Waals surface area contributed by atoms with Crippen molar-refractivity contribution in [3.8, 4) is 0 Å². The molecule has 2 saturated heterocycles. The monoisotopic (exact) mass is 324 g/mol. The van der Waals surface area contributed by atoms with Gasteiger partial charge in [0.1, 0.15) is 0 Å². The number of aliphatic carboxylic acids is 1. The molecule has 0 aromatic heterocycles. The molecule has 0 radical (unpaired) electrons. The van der Waals surface area contributed by atoms with Crippen molar-refractivity contribution in [2.75, 3.05) is 26.2 Å². The van der Waals surface area contributed by atoms with Gasteiger partial charge in [-0.2, -0.15) is 0 Å². The molecule has 1 N–H and O–H groups in total. The number of hydrogen-bond acceptors (Lipinski definition) is 3. The maximum absolute atomic E-state index is 12.8. The van der Waals surface area contributed by atoms with Crippen molar-refractivity contribution in [1.82, 2.24) is 9.80 Å². The Morgan fingerprint density at radius 1 is 1.17 bits per heavy atom. The van der Waals surface area contributed by atoms with Crippen molar-refractivity contribution in [2.45, 2.75) is 52.4 Å². The molecule has 2 aliphatic heterocycles. The molecular formula is C17H28N2O4. The molecule has 130 valence electrons. The summed E-state index contributed by atoms with van der Waals surface area (Å²) < 4.78 is 0. The van der Waals surface area contributed by atoms with Crippen LogP contribution in [-0.4, -0.2) is 58.9 Å². The van der Waals surface area contributed by atoms with Crippen LogP contribution in [0, 0.1) is 11.3 Å². The van der Waals surface area contributed by atoms with Crippen LogP contribution in [0.25, 0.3) is 0 Å². The third kappa shape index (κ3) is 4.03. The van der Waals surface area contributed by atoms with Crippen LogP contribution in [0.15, 0.2) is 0 Å². The molecule has 2 rings (SSSR count). The van der Waals surface area contributed by atoms with Crippen molar-refractivity contribution >= 4 is 17.8 Å². The summed E-state index contributed by atoms with van der Waals surface area (Å²) in [6.07, 6.45) is 4.31. The molecule has 23 heavy (non-hydrogen) atoms. The van der Waals surface area contributed by atoms with Gasteiger partial charge in [0.25, 0.3) is 0 Å². The first-order chi connectivity index (χ1) is 10.9. The Morgan fingerprint density at radius 2 is 1.87 bits per heavy atom. The Morgan fingerprint density at radius 3 is 2.52 bits per heavy atom. The number of hydrogen-bond donors (Lipinski definition) is 1. The fraction of sp³-hybridized carbons (Fsp3) is 0.824. The van der Waals surface area contributed by atoms with E-state index >= 15 is 0 Å². The standard InChI is InChI=1S/C17H28N2O4/c1-3-6-14(20)18-9-4-7-13(11-18)15(21)19-10-5-8-17(2,12-19)16(22)23/h13H,3-12H2,1-2H3,(H,22,23). The quantitative estimate of drug-likeness (QED) is 0.854. The Kier molecular flexibility index (Phi) is 5.65.